The number of carboxylic acids is 1. The number of carbonyl (C=O) groups excluding carboxylic acids is 1. The molecule has 0 spiro atoms. The largest absolute Gasteiger partial charge is 0.481 e. The molecule has 8 heteroatoms. The van der Waals surface area contributed by atoms with Gasteiger partial charge < -0.3 is 19.3 Å². The first-order valence-corrected chi connectivity index (χ1v) is 10.7. The molecule has 35 heavy (non-hydrogen) atoms. The van der Waals surface area contributed by atoms with E-state index >= 15 is 0 Å². The smallest absolute Gasteiger partial charge is 0.315 e. The molecule has 5 aromatic rings. The number of carbonyl (C=O) groups is 2. The molecule has 8 nitrogen and oxygen atoms in total. The molecule has 0 bridgehead atoms. The first-order valence-electron chi connectivity index (χ1n) is 10.7. The number of nitrogens with zero attached hydrogens (tertiary/aromatic N) is 2. The summed E-state index contributed by atoms with van der Waals surface area (Å²) in [5.41, 5.74) is 4.61. The number of oxazole rings is 2. The normalized spacial score (nSPS) is 12.1. The summed E-state index contributed by atoms with van der Waals surface area (Å²) in [6.45, 7) is 0. The molecule has 172 valence electrons. The van der Waals surface area contributed by atoms with Crippen molar-refractivity contribution in [1.82, 2.24) is 9.97 Å². The van der Waals surface area contributed by atoms with E-state index < -0.39 is 11.9 Å². The Morgan fingerprint density at radius 1 is 0.943 bits per heavy atom. The number of aliphatic carboxylic acids is 1. The van der Waals surface area contributed by atoms with Crippen molar-refractivity contribution >= 4 is 34.7 Å². The average molecular weight is 465 g/mol. The van der Waals surface area contributed by atoms with Crippen LogP contribution in [0.15, 0.2) is 101 Å². The molecule has 0 saturated carbocycles. The summed E-state index contributed by atoms with van der Waals surface area (Å²) in [4.78, 5) is 32.4. The first-order chi connectivity index (χ1) is 17.1. The second kappa shape index (κ2) is 9.48. The van der Waals surface area contributed by atoms with Gasteiger partial charge in [-0.25, -0.2) is 9.97 Å². The number of nitrogens with one attached hydrogen (secondary N) is 1. The van der Waals surface area contributed by atoms with Crippen molar-refractivity contribution in [3.8, 4) is 11.3 Å². The van der Waals surface area contributed by atoms with Crippen LogP contribution in [-0.2, 0) is 9.59 Å². The molecule has 1 unspecified atom stereocenters. The molecule has 0 aliphatic carbocycles. The summed E-state index contributed by atoms with van der Waals surface area (Å²) < 4.78 is 10.5. The maximum Gasteiger partial charge on any atom is 0.315 e. The summed E-state index contributed by atoms with van der Waals surface area (Å²) in [5, 5.41) is 12.7. The van der Waals surface area contributed by atoms with Crippen LogP contribution in [0.3, 0.4) is 0 Å². The molecule has 1 amide bonds. The van der Waals surface area contributed by atoms with E-state index in [2.05, 4.69) is 15.3 Å². The van der Waals surface area contributed by atoms with E-state index in [0.717, 1.165) is 11.1 Å². The predicted octanol–water partition coefficient (Wildman–Crippen LogP) is 5.35. The lowest BCUT2D eigenvalue weighted by atomic mass is 9.90. The fraction of sp³-hybridized carbons (Fsp3) is 0.0370. The van der Waals surface area contributed by atoms with E-state index in [0.29, 0.717) is 33.7 Å². The molecule has 0 fully saturated rings. The van der Waals surface area contributed by atoms with Gasteiger partial charge in [-0.3, -0.25) is 9.59 Å². The summed E-state index contributed by atoms with van der Waals surface area (Å²) in [5.74, 6) is -1.51. The SMILES string of the molecule is O=C(C=Cc1ccc(C(C(=O)O)c2ccc3ocnc3c2)cc1)Nc1cccc(-c2cnco2)c1. The minimum absolute atomic E-state index is 0.298. The van der Waals surface area contributed by atoms with Gasteiger partial charge in [0.25, 0.3) is 0 Å². The van der Waals surface area contributed by atoms with Gasteiger partial charge in [-0.1, -0.05) is 42.5 Å². The number of carboxylic acid groups (broad SMARTS) is 1. The van der Waals surface area contributed by atoms with Crippen LogP contribution in [0.25, 0.3) is 28.5 Å². The molecule has 2 aromatic heterocycles. The predicted molar refractivity (Wildman–Crippen MR) is 130 cm³/mol. The molecule has 1 atom stereocenters. The van der Waals surface area contributed by atoms with E-state index in [1.54, 1.807) is 66.9 Å². The number of hydrogen-bond acceptors (Lipinski definition) is 6. The van der Waals surface area contributed by atoms with Gasteiger partial charge >= 0.3 is 5.97 Å². The number of fused-ring (bicyclic) bond motifs is 1. The van der Waals surface area contributed by atoms with Gasteiger partial charge in [-0.15, -0.1) is 0 Å². The molecular weight excluding hydrogens is 446 g/mol. The maximum atomic E-state index is 12.4. The number of anilines is 1. The van der Waals surface area contributed by atoms with E-state index in [1.165, 1.54) is 18.9 Å². The maximum absolute atomic E-state index is 12.4. The van der Waals surface area contributed by atoms with Crippen LogP contribution in [-0.4, -0.2) is 27.0 Å². The highest BCUT2D eigenvalue weighted by Crippen LogP contribution is 2.28. The van der Waals surface area contributed by atoms with Crippen molar-refractivity contribution in [3.05, 3.63) is 108 Å². The number of benzene rings is 3. The Morgan fingerprint density at radius 2 is 1.77 bits per heavy atom. The molecule has 3 aromatic carbocycles. The highest BCUT2D eigenvalue weighted by atomic mass is 16.4. The lowest BCUT2D eigenvalue weighted by Crippen LogP contribution is -2.13. The van der Waals surface area contributed by atoms with Crippen molar-refractivity contribution in [2.45, 2.75) is 5.92 Å². The minimum Gasteiger partial charge on any atom is -0.481 e. The second-order valence-electron chi connectivity index (χ2n) is 7.79. The molecule has 2 N–H and O–H groups in total. The number of aromatic nitrogens is 2. The van der Waals surface area contributed by atoms with E-state index in [-0.39, 0.29) is 5.91 Å². The number of hydrogen-bond donors (Lipinski definition) is 2. The Kier molecular flexibility index (Phi) is 5.92. The minimum atomic E-state index is -0.969. The van der Waals surface area contributed by atoms with Gasteiger partial charge in [-0.05, 0) is 47.0 Å². The lowest BCUT2D eigenvalue weighted by Gasteiger charge is -2.13. The van der Waals surface area contributed by atoms with Crippen LogP contribution in [0.4, 0.5) is 5.69 Å². The quantitative estimate of drug-likeness (QED) is 0.311. The van der Waals surface area contributed by atoms with Gasteiger partial charge in [0.1, 0.15) is 11.4 Å². The summed E-state index contributed by atoms with van der Waals surface area (Å²) in [6, 6.07) is 19.4. The van der Waals surface area contributed by atoms with Gasteiger partial charge in [0.05, 0.1) is 6.20 Å². The van der Waals surface area contributed by atoms with Crippen LogP contribution in [0.5, 0.6) is 0 Å². The molecule has 0 aliphatic heterocycles. The third-order valence-corrected chi connectivity index (χ3v) is 5.48. The first kappa shape index (κ1) is 21.8. The zero-order valence-corrected chi connectivity index (χ0v) is 18.3. The summed E-state index contributed by atoms with van der Waals surface area (Å²) in [7, 11) is 0. The van der Waals surface area contributed by atoms with Crippen molar-refractivity contribution in [2.24, 2.45) is 0 Å². The van der Waals surface area contributed by atoms with Gasteiger partial charge in [0.15, 0.2) is 24.1 Å². The topological polar surface area (TPSA) is 118 Å². The van der Waals surface area contributed by atoms with Crippen molar-refractivity contribution < 1.29 is 23.5 Å². The Labute approximate surface area is 199 Å². The second-order valence-corrected chi connectivity index (χ2v) is 7.79. The molecule has 5 rings (SSSR count). The highest BCUT2D eigenvalue weighted by molar-refractivity contribution is 6.02. The Bertz CT molecular complexity index is 1520. The molecule has 2 heterocycles. The van der Waals surface area contributed by atoms with Crippen LogP contribution in [0.1, 0.15) is 22.6 Å². The Morgan fingerprint density at radius 3 is 2.54 bits per heavy atom. The van der Waals surface area contributed by atoms with Gasteiger partial charge in [0.2, 0.25) is 5.91 Å². The molecule has 0 aliphatic rings. The van der Waals surface area contributed by atoms with Crippen LogP contribution in [0.2, 0.25) is 0 Å². The lowest BCUT2D eigenvalue weighted by molar-refractivity contribution is -0.137. The van der Waals surface area contributed by atoms with E-state index in [4.69, 9.17) is 8.83 Å². The third kappa shape index (κ3) is 4.86. The van der Waals surface area contributed by atoms with Gasteiger partial charge in [0, 0.05) is 17.3 Å². The number of amides is 1. The van der Waals surface area contributed by atoms with Crippen LogP contribution < -0.4 is 5.32 Å². The summed E-state index contributed by atoms with van der Waals surface area (Å²) in [6.07, 6.45) is 7.36. The molecule has 0 radical (unpaired) electrons. The Hall–Kier alpha value is -4.98. The van der Waals surface area contributed by atoms with Crippen molar-refractivity contribution in [1.29, 1.82) is 0 Å². The highest BCUT2D eigenvalue weighted by Gasteiger charge is 2.22. The van der Waals surface area contributed by atoms with Crippen molar-refractivity contribution in [3.63, 3.8) is 0 Å². The zero-order chi connectivity index (χ0) is 24.2. The standard InChI is InChI=1S/C27H19N3O5/c31-25(30-21-3-1-2-19(12-21)24-14-28-15-34-24)11-6-17-4-7-18(8-5-17)26(27(32)33)20-9-10-23-22(13-20)29-16-35-23/h1-16,26H,(H,30,31)(H,32,33). The van der Waals surface area contributed by atoms with Crippen LogP contribution in [0, 0.1) is 0 Å². The monoisotopic (exact) mass is 465 g/mol. The zero-order valence-electron chi connectivity index (χ0n) is 18.3. The van der Waals surface area contributed by atoms with E-state index in [1.807, 2.05) is 12.1 Å². The van der Waals surface area contributed by atoms with Crippen molar-refractivity contribution in [2.75, 3.05) is 5.32 Å². The number of rotatable bonds is 7. The fourth-order valence-electron chi connectivity index (χ4n) is 3.80. The summed E-state index contributed by atoms with van der Waals surface area (Å²) >= 11 is 0. The average Bonchev–Trinajstić information content (AvgIpc) is 3.56. The molecule has 0 saturated heterocycles. The molecular formula is C27H19N3O5. The van der Waals surface area contributed by atoms with E-state index in [9.17, 15) is 14.7 Å². The Balaban J connectivity index is 1.28. The fourth-order valence-corrected chi connectivity index (χ4v) is 3.80. The van der Waals surface area contributed by atoms with Crippen LogP contribution >= 0.6 is 0 Å². The van der Waals surface area contributed by atoms with Gasteiger partial charge in [-0.2, -0.15) is 0 Å². The third-order valence-electron chi connectivity index (χ3n) is 5.48.